The summed E-state index contributed by atoms with van der Waals surface area (Å²) in [4.78, 5) is 26.1. The lowest BCUT2D eigenvalue weighted by atomic mass is 10.1. The summed E-state index contributed by atoms with van der Waals surface area (Å²) in [7, 11) is 0. The number of aromatic nitrogens is 1. The molecule has 1 aliphatic carbocycles. The van der Waals surface area contributed by atoms with Crippen LogP contribution >= 0.6 is 11.3 Å². The number of thiophene rings is 1. The van der Waals surface area contributed by atoms with Gasteiger partial charge in [0.25, 0.3) is 5.56 Å². The molecule has 0 bridgehead atoms. The van der Waals surface area contributed by atoms with Crippen LogP contribution in [-0.2, 0) is 0 Å². The van der Waals surface area contributed by atoms with E-state index in [0.29, 0.717) is 22.2 Å². The zero-order valence-corrected chi connectivity index (χ0v) is 13.3. The Morgan fingerprint density at radius 3 is 2.29 bits per heavy atom. The second-order valence-electron chi connectivity index (χ2n) is 5.74. The summed E-state index contributed by atoms with van der Waals surface area (Å²) in [6, 6.07) is 18.8. The Bertz CT molecular complexity index is 1190. The highest BCUT2D eigenvalue weighted by Crippen LogP contribution is 2.41. The van der Waals surface area contributed by atoms with Gasteiger partial charge in [-0.05, 0) is 23.6 Å². The maximum absolute atomic E-state index is 13.1. The van der Waals surface area contributed by atoms with Gasteiger partial charge in [0, 0.05) is 16.8 Å². The van der Waals surface area contributed by atoms with Crippen LogP contribution in [0.25, 0.3) is 27.0 Å². The minimum absolute atomic E-state index is 0.00210. The summed E-state index contributed by atoms with van der Waals surface area (Å²) in [6.45, 7) is 0. The number of fused-ring (bicyclic) bond motifs is 5. The minimum atomic E-state index is -0.0827. The first-order valence-electron chi connectivity index (χ1n) is 7.63. The summed E-state index contributed by atoms with van der Waals surface area (Å²) in [5.74, 6) is -0.00210. The van der Waals surface area contributed by atoms with Gasteiger partial charge >= 0.3 is 0 Å². The van der Waals surface area contributed by atoms with Gasteiger partial charge < -0.3 is 0 Å². The van der Waals surface area contributed by atoms with Crippen molar-refractivity contribution in [1.29, 1.82) is 0 Å². The van der Waals surface area contributed by atoms with Gasteiger partial charge in [-0.3, -0.25) is 14.2 Å². The molecule has 114 valence electrons. The smallest absolute Gasteiger partial charge is 0.264 e. The van der Waals surface area contributed by atoms with E-state index in [1.54, 1.807) is 10.6 Å². The Morgan fingerprint density at radius 1 is 0.792 bits per heavy atom. The highest BCUT2D eigenvalue weighted by Gasteiger charge is 2.33. The number of nitrogens with zero attached hydrogens (tertiary/aromatic N) is 1. The van der Waals surface area contributed by atoms with Crippen molar-refractivity contribution in [1.82, 2.24) is 4.57 Å². The molecular formula is C20H11NO2S. The van der Waals surface area contributed by atoms with E-state index in [0.717, 1.165) is 16.0 Å². The van der Waals surface area contributed by atoms with E-state index in [2.05, 4.69) is 0 Å². The van der Waals surface area contributed by atoms with Crippen molar-refractivity contribution >= 4 is 27.2 Å². The number of rotatable bonds is 1. The molecule has 0 saturated carbocycles. The fraction of sp³-hybridized carbons (Fsp3) is 0. The lowest BCUT2D eigenvalue weighted by Gasteiger charge is -2.13. The number of para-hydroxylation sites is 1. The highest BCUT2D eigenvalue weighted by molar-refractivity contribution is 7.17. The van der Waals surface area contributed by atoms with Crippen LogP contribution in [0.4, 0.5) is 0 Å². The van der Waals surface area contributed by atoms with Crippen molar-refractivity contribution in [3.63, 3.8) is 0 Å². The Balaban J connectivity index is 2.05. The van der Waals surface area contributed by atoms with Crippen LogP contribution < -0.4 is 5.56 Å². The van der Waals surface area contributed by atoms with E-state index in [-0.39, 0.29) is 11.3 Å². The van der Waals surface area contributed by atoms with Crippen molar-refractivity contribution in [2.45, 2.75) is 0 Å². The molecule has 0 N–H and O–H groups in total. The highest BCUT2D eigenvalue weighted by atomic mass is 32.1. The van der Waals surface area contributed by atoms with Crippen LogP contribution in [0.2, 0.25) is 0 Å². The van der Waals surface area contributed by atoms with Crippen LogP contribution in [-0.4, -0.2) is 10.4 Å². The van der Waals surface area contributed by atoms with Crippen molar-refractivity contribution in [2.75, 3.05) is 0 Å². The molecule has 2 aromatic heterocycles. The van der Waals surface area contributed by atoms with Gasteiger partial charge in [-0.1, -0.05) is 42.5 Å². The maximum Gasteiger partial charge on any atom is 0.264 e. The molecule has 4 aromatic rings. The van der Waals surface area contributed by atoms with Crippen LogP contribution in [0.3, 0.4) is 0 Å². The second kappa shape index (κ2) is 4.76. The number of carbonyl (C=O) groups excluding carboxylic acids is 1. The third-order valence-electron chi connectivity index (χ3n) is 4.45. The number of pyridine rings is 1. The zero-order chi connectivity index (χ0) is 16.3. The number of carbonyl (C=O) groups is 1. The maximum atomic E-state index is 13.1. The van der Waals surface area contributed by atoms with Crippen molar-refractivity contribution in [3.05, 3.63) is 87.5 Å². The normalized spacial score (nSPS) is 12.4. The van der Waals surface area contributed by atoms with Gasteiger partial charge in [0.1, 0.15) is 0 Å². The summed E-state index contributed by atoms with van der Waals surface area (Å²) >= 11 is 1.45. The van der Waals surface area contributed by atoms with E-state index in [1.165, 1.54) is 11.3 Å². The summed E-state index contributed by atoms with van der Waals surface area (Å²) in [5.41, 5.74) is 3.54. The Morgan fingerprint density at radius 2 is 1.50 bits per heavy atom. The average Bonchev–Trinajstić information content (AvgIpc) is 3.21. The molecule has 0 amide bonds. The van der Waals surface area contributed by atoms with Crippen molar-refractivity contribution in [2.24, 2.45) is 0 Å². The summed E-state index contributed by atoms with van der Waals surface area (Å²) in [5, 5.41) is 2.47. The summed E-state index contributed by atoms with van der Waals surface area (Å²) in [6.07, 6.45) is 0. The lowest BCUT2D eigenvalue weighted by Crippen LogP contribution is -2.20. The standard InChI is InChI=1S/C20H11NO2S/c22-18-14-9-5-4-8-13(14)17-16(18)19-15(10-11-24-19)20(23)21(17)12-6-2-1-3-7-12/h1-11H. The molecule has 0 aliphatic heterocycles. The number of hydrogen-bond donors (Lipinski definition) is 0. The van der Waals surface area contributed by atoms with Crippen LogP contribution in [0.5, 0.6) is 0 Å². The third kappa shape index (κ3) is 1.61. The van der Waals surface area contributed by atoms with Gasteiger partial charge in [0.2, 0.25) is 0 Å². The Labute approximate surface area is 141 Å². The lowest BCUT2D eigenvalue weighted by molar-refractivity contribution is 0.104. The SMILES string of the molecule is O=C1c2ccccc2-c2c1c1sccc1c(=O)n2-c1ccccc1. The first kappa shape index (κ1) is 13.5. The predicted octanol–water partition coefficient (Wildman–Crippen LogP) is 4.26. The Hall–Kier alpha value is -2.98. The van der Waals surface area contributed by atoms with Gasteiger partial charge in [-0.2, -0.15) is 0 Å². The van der Waals surface area contributed by atoms with E-state index in [1.807, 2.05) is 60.0 Å². The van der Waals surface area contributed by atoms with Crippen LogP contribution in [0, 0.1) is 0 Å². The quantitative estimate of drug-likeness (QED) is 0.461. The molecule has 4 heteroatoms. The molecule has 0 atom stereocenters. The molecule has 2 aromatic carbocycles. The molecule has 0 radical (unpaired) electrons. The molecule has 0 fully saturated rings. The van der Waals surface area contributed by atoms with E-state index < -0.39 is 0 Å². The first-order valence-corrected chi connectivity index (χ1v) is 8.51. The number of ketones is 1. The zero-order valence-electron chi connectivity index (χ0n) is 12.5. The van der Waals surface area contributed by atoms with Crippen LogP contribution in [0.15, 0.2) is 70.8 Å². The molecule has 1 aliphatic rings. The van der Waals surface area contributed by atoms with Gasteiger partial charge in [-0.15, -0.1) is 11.3 Å². The molecule has 0 spiro atoms. The fourth-order valence-corrected chi connectivity index (χ4v) is 4.35. The van der Waals surface area contributed by atoms with Crippen molar-refractivity contribution in [3.8, 4) is 16.9 Å². The minimum Gasteiger partial charge on any atom is -0.288 e. The Kier molecular flexibility index (Phi) is 2.67. The van der Waals surface area contributed by atoms with Gasteiger partial charge in [0.15, 0.2) is 5.78 Å². The van der Waals surface area contributed by atoms with E-state index in [4.69, 9.17) is 0 Å². The number of benzene rings is 2. The number of hydrogen-bond acceptors (Lipinski definition) is 3. The topological polar surface area (TPSA) is 39.1 Å². The van der Waals surface area contributed by atoms with Gasteiger partial charge in [-0.25, -0.2) is 0 Å². The predicted molar refractivity (Wildman–Crippen MR) is 96.3 cm³/mol. The average molecular weight is 329 g/mol. The third-order valence-corrected chi connectivity index (χ3v) is 5.39. The van der Waals surface area contributed by atoms with Gasteiger partial charge in [0.05, 0.1) is 21.3 Å². The molecule has 2 heterocycles. The van der Waals surface area contributed by atoms with E-state index >= 15 is 0 Å². The molecule has 24 heavy (non-hydrogen) atoms. The molecule has 5 rings (SSSR count). The monoisotopic (exact) mass is 329 g/mol. The molecular weight excluding hydrogens is 318 g/mol. The van der Waals surface area contributed by atoms with E-state index in [9.17, 15) is 9.59 Å². The summed E-state index contributed by atoms with van der Waals surface area (Å²) < 4.78 is 2.46. The van der Waals surface area contributed by atoms with Crippen molar-refractivity contribution < 1.29 is 4.79 Å². The molecule has 0 unspecified atom stereocenters. The fourth-order valence-electron chi connectivity index (χ4n) is 3.42. The molecule has 0 saturated heterocycles. The van der Waals surface area contributed by atoms with Crippen LogP contribution in [0.1, 0.15) is 15.9 Å². The molecule has 3 nitrogen and oxygen atoms in total. The second-order valence-corrected chi connectivity index (χ2v) is 6.65. The first-order chi connectivity index (χ1) is 11.8. The largest absolute Gasteiger partial charge is 0.288 e.